The summed E-state index contributed by atoms with van der Waals surface area (Å²) in [6.07, 6.45) is 2.01. The van der Waals surface area contributed by atoms with Crippen molar-refractivity contribution >= 4 is 5.69 Å². The zero-order valence-electron chi connectivity index (χ0n) is 11.7. The molecule has 0 atom stereocenters. The van der Waals surface area contributed by atoms with Crippen LogP contribution in [0, 0.1) is 10.1 Å². The molecule has 0 saturated carbocycles. The molecule has 0 amide bonds. The summed E-state index contributed by atoms with van der Waals surface area (Å²) in [6, 6.07) is 6.51. The normalized spacial score (nSPS) is 10.7. The highest BCUT2D eigenvalue weighted by atomic mass is 16.6. The molecule has 1 aromatic carbocycles. The predicted octanol–water partition coefficient (Wildman–Crippen LogP) is 1.68. The van der Waals surface area contributed by atoms with Crippen molar-refractivity contribution < 1.29 is 14.6 Å². The van der Waals surface area contributed by atoms with E-state index in [2.05, 4.69) is 13.8 Å². The maximum Gasteiger partial charge on any atom is 0.310 e. The first kappa shape index (κ1) is 15.4. The van der Waals surface area contributed by atoms with E-state index in [1.807, 2.05) is 0 Å². The molecule has 0 aromatic heterocycles. The Morgan fingerprint density at radius 1 is 1.21 bits per heavy atom. The van der Waals surface area contributed by atoms with Gasteiger partial charge in [-0.3, -0.25) is 10.1 Å². The number of benzene rings is 1. The van der Waals surface area contributed by atoms with Gasteiger partial charge >= 0.3 is 5.69 Å². The third kappa shape index (κ3) is 5.26. The van der Waals surface area contributed by atoms with Gasteiger partial charge in [-0.25, -0.2) is 0 Å². The van der Waals surface area contributed by atoms with Crippen molar-refractivity contribution in [2.24, 2.45) is 0 Å². The molecular weight excluding hydrogens is 244 g/mol. The highest BCUT2D eigenvalue weighted by molar-refractivity contribution is 5.45. The van der Waals surface area contributed by atoms with Gasteiger partial charge in [0.15, 0.2) is 5.75 Å². The van der Waals surface area contributed by atoms with E-state index in [1.165, 1.54) is 6.07 Å². The molecule has 1 aromatic rings. The van der Waals surface area contributed by atoms with Crippen LogP contribution in [0.25, 0.3) is 0 Å². The molecular formula is C14H23N2O3+. The van der Waals surface area contributed by atoms with Crippen LogP contribution in [0.3, 0.4) is 0 Å². The summed E-state index contributed by atoms with van der Waals surface area (Å²) in [5.74, 6) is 0.364. The van der Waals surface area contributed by atoms with E-state index in [1.54, 1.807) is 23.1 Å². The van der Waals surface area contributed by atoms with Crippen molar-refractivity contribution in [1.29, 1.82) is 0 Å². The molecule has 5 heteroatoms. The van der Waals surface area contributed by atoms with Gasteiger partial charge in [-0.05, 0) is 32.8 Å². The van der Waals surface area contributed by atoms with Crippen molar-refractivity contribution in [2.45, 2.75) is 26.7 Å². The Bertz CT molecular complexity index is 392. The zero-order chi connectivity index (χ0) is 14.1. The molecule has 0 heterocycles. The van der Waals surface area contributed by atoms with Crippen molar-refractivity contribution in [3.63, 3.8) is 0 Å². The molecule has 1 rings (SSSR count). The minimum atomic E-state index is -0.407. The summed E-state index contributed by atoms with van der Waals surface area (Å²) >= 11 is 0. The highest BCUT2D eigenvalue weighted by Gasteiger charge is 2.13. The van der Waals surface area contributed by atoms with E-state index in [0.29, 0.717) is 12.4 Å². The fraction of sp³-hybridized carbons (Fsp3) is 0.571. The molecule has 0 aliphatic heterocycles. The summed E-state index contributed by atoms with van der Waals surface area (Å²) in [7, 11) is 0. The number of quaternary nitrogens is 1. The zero-order valence-corrected chi connectivity index (χ0v) is 11.7. The van der Waals surface area contributed by atoms with E-state index >= 15 is 0 Å². The number of para-hydroxylation sites is 2. The predicted molar refractivity (Wildman–Crippen MR) is 74.7 cm³/mol. The minimum Gasteiger partial charge on any atom is -0.487 e. The summed E-state index contributed by atoms with van der Waals surface area (Å²) in [5, 5.41) is 10.8. The standard InChI is InChI=1S/C14H22N2O3/c1-3-15(4-2)11-7-8-12-19-14-10-6-5-9-13(14)16(17)18/h5-6,9-10H,3-4,7-8,11-12H2,1-2H3/p+1. The van der Waals surface area contributed by atoms with Crippen molar-refractivity contribution in [1.82, 2.24) is 0 Å². The summed E-state index contributed by atoms with van der Waals surface area (Å²) < 4.78 is 5.50. The average Bonchev–Trinajstić information content (AvgIpc) is 2.43. The smallest absolute Gasteiger partial charge is 0.310 e. The molecule has 0 unspecified atom stereocenters. The number of rotatable bonds is 9. The lowest BCUT2D eigenvalue weighted by atomic mass is 10.3. The van der Waals surface area contributed by atoms with Gasteiger partial charge in [-0.2, -0.15) is 0 Å². The number of nitrogens with zero attached hydrogens (tertiary/aromatic N) is 1. The second-order valence-corrected chi connectivity index (χ2v) is 4.49. The fourth-order valence-electron chi connectivity index (χ4n) is 1.99. The lowest BCUT2D eigenvalue weighted by Crippen LogP contribution is -3.11. The van der Waals surface area contributed by atoms with Gasteiger partial charge in [-0.1, -0.05) is 12.1 Å². The molecule has 0 fully saturated rings. The Morgan fingerprint density at radius 2 is 1.89 bits per heavy atom. The van der Waals surface area contributed by atoms with Crippen LogP contribution in [0.5, 0.6) is 5.75 Å². The summed E-state index contributed by atoms with van der Waals surface area (Å²) in [5.41, 5.74) is 0.0388. The van der Waals surface area contributed by atoms with Gasteiger partial charge < -0.3 is 9.64 Å². The van der Waals surface area contributed by atoms with Crippen molar-refractivity contribution in [2.75, 3.05) is 26.2 Å². The van der Waals surface area contributed by atoms with E-state index < -0.39 is 4.92 Å². The second kappa shape index (κ2) is 8.48. The van der Waals surface area contributed by atoms with Crippen LogP contribution in [-0.4, -0.2) is 31.2 Å². The first-order valence-electron chi connectivity index (χ1n) is 6.88. The number of nitrogens with one attached hydrogen (secondary N) is 1. The lowest BCUT2D eigenvalue weighted by molar-refractivity contribution is -0.896. The Morgan fingerprint density at radius 3 is 2.53 bits per heavy atom. The number of ether oxygens (including phenoxy) is 1. The van der Waals surface area contributed by atoms with Gasteiger partial charge in [0.05, 0.1) is 31.2 Å². The van der Waals surface area contributed by atoms with Gasteiger partial charge in [0, 0.05) is 6.07 Å². The van der Waals surface area contributed by atoms with E-state index in [9.17, 15) is 10.1 Å². The third-order valence-corrected chi connectivity index (χ3v) is 3.24. The van der Waals surface area contributed by atoms with Gasteiger partial charge in [0.25, 0.3) is 0 Å². The third-order valence-electron chi connectivity index (χ3n) is 3.24. The fourth-order valence-corrected chi connectivity index (χ4v) is 1.99. The number of unbranched alkanes of at least 4 members (excludes halogenated alkanes) is 1. The van der Waals surface area contributed by atoms with Gasteiger partial charge in [0.2, 0.25) is 0 Å². The number of nitro groups is 1. The Kier molecular flexibility index (Phi) is 6.89. The van der Waals surface area contributed by atoms with Gasteiger partial charge in [0.1, 0.15) is 0 Å². The topological polar surface area (TPSA) is 56.8 Å². The number of nitro benzene ring substituents is 1. The van der Waals surface area contributed by atoms with Crippen molar-refractivity contribution in [3.8, 4) is 5.75 Å². The molecule has 0 saturated heterocycles. The van der Waals surface area contributed by atoms with Crippen LogP contribution >= 0.6 is 0 Å². The SMILES string of the molecule is CC[NH+](CC)CCCCOc1ccccc1[N+](=O)[O-]. The molecule has 19 heavy (non-hydrogen) atoms. The van der Waals surface area contributed by atoms with Crippen LogP contribution in [0.2, 0.25) is 0 Å². The first-order chi connectivity index (χ1) is 9.19. The van der Waals surface area contributed by atoms with E-state index in [-0.39, 0.29) is 5.69 Å². The Hall–Kier alpha value is -1.62. The molecule has 5 nitrogen and oxygen atoms in total. The van der Waals surface area contributed by atoms with Crippen LogP contribution in [0.4, 0.5) is 5.69 Å². The van der Waals surface area contributed by atoms with Crippen LogP contribution in [0.15, 0.2) is 24.3 Å². The van der Waals surface area contributed by atoms with Crippen LogP contribution in [-0.2, 0) is 0 Å². The highest BCUT2D eigenvalue weighted by Crippen LogP contribution is 2.25. The molecule has 0 bridgehead atoms. The van der Waals surface area contributed by atoms with E-state index in [0.717, 1.165) is 32.5 Å². The summed E-state index contributed by atoms with van der Waals surface area (Å²) in [4.78, 5) is 12.0. The molecule has 0 spiro atoms. The van der Waals surface area contributed by atoms with E-state index in [4.69, 9.17) is 4.74 Å². The minimum absolute atomic E-state index is 0.0388. The quantitative estimate of drug-likeness (QED) is 0.421. The Balaban J connectivity index is 2.32. The molecule has 0 aliphatic rings. The molecule has 0 radical (unpaired) electrons. The maximum absolute atomic E-state index is 10.8. The maximum atomic E-state index is 10.8. The summed E-state index contributed by atoms with van der Waals surface area (Å²) in [6.45, 7) is 8.31. The Labute approximate surface area is 114 Å². The second-order valence-electron chi connectivity index (χ2n) is 4.49. The van der Waals surface area contributed by atoms with Gasteiger partial charge in [-0.15, -0.1) is 0 Å². The lowest BCUT2D eigenvalue weighted by Gasteiger charge is -2.15. The number of hydrogen-bond acceptors (Lipinski definition) is 3. The number of hydrogen-bond donors (Lipinski definition) is 1. The molecule has 1 N–H and O–H groups in total. The largest absolute Gasteiger partial charge is 0.487 e. The van der Waals surface area contributed by atoms with Crippen LogP contribution < -0.4 is 9.64 Å². The van der Waals surface area contributed by atoms with Crippen molar-refractivity contribution in [3.05, 3.63) is 34.4 Å². The van der Waals surface area contributed by atoms with Crippen LogP contribution in [0.1, 0.15) is 26.7 Å². The monoisotopic (exact) mass is 267 g/mol. The first-order valence-corrected chi connectivity index (χ1v) is 6.88. The molecule has 106 valence electrons. The molecule has 0 aliphatic carbocycles. The average molecular weight is 267 g/mol.